The van der Waals surface area contributed by atoms with Crippen LogP contribution in [-0.2, 0) is 0 Å². The minimum Gasteiger partial charge on any atom is -0.496 e. The predicted octanol–water partition coefficient (Wildman–Crippen LogP) is 5.46. The third kappa shape index (κ3) is 2.15. The lowest BCUT2D eigenvalue weighted by molar-refractivity contribution is 0.0110. The van der Waals surface area contributed by atoms with Crippen molar-refractivity contribution in [1.29, 1.82) is 0 Å². The molecule has 1 aliphatic carbocycles. The van der Waals surface area contributed by atoms with E-state index in [2.05, 4.69) is 57.2 Å². The van der Waals surface area contributed by atoms with Crippen molar-refractivity contribution >= 4 is 10.8 Å². The number of fused-ring (bicyclic) bond motifs is 4. The Bertz CT molecular complexity index is 801. The quantitative estimate of drug-likeness (QED) is 0.651. The van der Waals surface area contributed by atoms with Gasteiger partial charge in [0.25, 0.3) is 0 Å². The van der Waals surface area contributed by atoms with Crippen LogP contribution in [0.15, 0.2) is 42.0 Å². The van der Waals surface area contributed by atoms with Gasteiger partial charge in [-0.1, -0.05) is 35.9 Å². The molecule has 0 unspecified atom stereocenters. The van der Waals surface area contributed by atoms with Crippen molar-refractivity contribution in [2.75, 3.05) is 7.11 Å². The molecule has 1 heterocycles. The fraction of sp³-hybridized carbons (Fsp3) is 0.429. The lowest BCUT2D eigenvalue weighted by atomic mass is 9.68. The van der Waals surface area contributed by atoms with Crippen LogP contribution in [0.5, 0.6) is 11.5 Å². The highest BCUT2D eigenvalue weighted by atomic mass is 16.5. The first-order valence-electron chi connectivity index (χ1n) is 8.47. The lowest BCUT2D eigenvalue weighted by Crippen LogP contribution is -2.45. The zero-order chi connectivity index (χ0) is 16.2. The summed E-state index contributed by atoms with van der Waals surface area (Å²) in [7, 11) is 1.77. The van der Waals surface area contributed by atoms with Crippen LogP contribution in [-0.4, -0.2) is 12.7 Å². The van der Waals surface area contributed by atoms with Crippen molar-refractivity contribution in [3.63, 3.8) is 0 Å². The Labute approximate surface area is 138 Å². The highest BCUT2D eigenvalue weighted by Gasteiger charge is 2.45. The van der Waals surface area contributed by atoms with Crippen LogP contribution in [0.4, 0.5) is 0 Å². The summed E-state index contributed by atoms with van der Waals surface area (Å²) in [5.41, 5.74) is 2.56. The SMILES string of the molecule is COc1c2c(cc3ccccc13)OC(C)(C)[C@@H]1CCC(C)=C[C@@H]21. The van der Waals surface area contributed by atoms with Crippen LogP contribution < -0.4 is 9.47 Å². The van der Waals surface area contributed by atoms with E-state index in [9.17, 15) is 0 Å². The summed E-state index contributed by atoms with van der Waals surface area (Å²) >= 11 is 0. The Kier molecular flexibility index (Phi) is 3.19. The second kappa shape index (κ2) is 5.02. The summed E-state index contributed by atoms with van der Waals surface area (Å²) in [6.07, 6.45) is 4.78. The van der Waals surface area contributed by atoms with Gasteiger partial charge in [-0.05, 0) is 45.1 Å². The number of hydrogen-bond donors (Lipinski definition) is 0. The van der Waals surface area contributed by atoms with E-state index in [4.69, 9.17) is 9.47 Å². The predicted molar refractivity (Wildman–Crippen MR) is 94.4 cm³/mol. The Morgan fingerprint density at radius 2 is 2.00 bits per heavy atom. The lowest BCUT2D eigenvalue weighted by Gasteiger charge is -2.46. The van der Waals surface area contributed by atoms with Gasteiger partial charge in [-0.2, -0.15) is 0 Å². The first-order valence-corrected chi connectivity index (χ1v) is 8.47. The molecular formula is C21H24O2. The molecule has 0 radical (unpaired) electrons. The number of methoxy groups -OCH3 is 1. The van der Waals surface area contributed by atoms with E-state index in [-0.39, 0.29) is 5.60 Å². The van der Waals surface area contributed by atoms with Crippen LogP contribution in [0, 0.1) is 5.92 Å². The van der Waals surface area contributed by atoms with Crippen molar-refractivity contribution in [2.24, 2.45) is 5.92 Å². The van der Waals surface area contributed by atoms with Gasteiger partial charge in [-0.3, -0.25) is 0 Å². The average Bonchev–Trinajstić information content (AvgIpc) is 2.52. The molecule has 2 nitrogen and oxygen atoms in total. The monoisotopic (exact) mass is 308 g/mol. The second-order valence-electron chi connectivity index (χ2n) is 7.43. The van der Waals surface area contributed by atoms with Gasteiger partial charge in [0, 0.05) is 22.8 Å². The van der Waals surface area contributed by atoms with E-state index in [1.165, 1.54) is 34.8 Å². The molecule has 0 amide bonds. The van der Waals surface area contributed by atoms with Crippen LogP contribution in [0.25, 0.3) is 10.8 Å². The maximum Gasteiger partial charge on any atom is 0.134 e. The fourth-order valence-electron chi connectivity index (χ4n) is 4.42. The van der Waals surface area contributed by atoms with Crippen LogP contribution in [0.3, 0.4) is 0 Å². The zero-order valence-electron chi connectivity index (χ0n) is 14.3. The Morgan fingerprint density at radius 1 is 1.22 bits per heavy atom. The molecule has 1 aliphatic heterocycles. The van der Waals surface area contributed by atoms with Gasteiger partial charge in [0.15, 0.2) is 0 Å². The third-order valence-electron chi connectivity index (χ3n) is 5.55. The Balaban J connectivity index is 2.04. The molecule has 2 aromatic carbocycles. The summed E-state index contributed by atoms with van der Waals surface area (Å²) in [5.74, 6) is 2.84. The highest BCUT2D eigenvalue weighted by Crippen LogP contribution is 2.54. The molecule has 0 spiro atoms. The van der Waals surface area contributed by atoms with Gasteiger partial charge >= 0.3 is 0 Å². The molecule has 0 N–H and O–H groups in total. The third-order valence-corrected chi connectivity index (χ3v) is 5.55. The van der Waals surface area contributed by atoms with Gasteiger partial charge in [-0.15, -0.1) is 0 Å². The highest BCUT2D eigenvalue weighted by molar-refractivity contribution is 5.92. The smallest absolute Gasteiger partial charge is 0.134 e. The van der Waals surface area contributed by atoms with Crippen molar-refractivity contribution in [2.45, 2.75) is 45.1 Å². The molecule has 0 saturated carbocycles. The average molecular weight is 308 g/mol. The van der Waals surface area contributed by atoms with Crippen LogP contribution >= 0.6 is 0 Å². The number of allylic oxidation sites excluding steroid dienone is 2. The maximum atomic E-state index is 6.47. The van der Waals surface area contributed by atoms with E-state index in [0.717, 1.165) is 11.5 Å². The van der Waals surface area contributed by atoms with E-state index in [1.807, 2.05) is 0 Å². The largest absolute Gasteiger partial charge is 0.496 e. The summed E-state index contributed by atoms with van der Waals surface area (Å²) in [6.45, 7) is 6.69. The molecule has 4 rings (SSSR count). The normalized spacial score (nSPS) is 25.1. The fourth-order valence-corrected chi connectivity index (χ4v) is 4.42. The van der Waals surface area contributed by atoms with Gasteiger partial charge in [-0.25, -0.2) is 0 Å². The summed E-state index contributed by atoms with van der Waals surface area (Å²) in [4.78, 5) is 0. The van der Waals surface area contributed by atoms with E-state index < -0.39 is 0 Å². The Morgan fingerprint density at radius 3 is 2.78 bits per heavy atom. The number of ether oxygens (including phenoxy) is 2. The first kappa shape index (κ1) is 14.6. The van der Waals surface area contributed by atoms with Crippen molar-refractivity contribution in [3.8, 4) is 11.5 Å². The second-order valence-corrected chi connectivity index (χ2v) is 7.43. The zero-order valence-corrected chi connectivity index (χ0v) is 14.3. The molecular weight excluding hydrogens is 284 g/mol. The molecule has 120 valence electrons. The number of rotatable bonds is 1. The summed E-state index contributed by atoms with van der Waals surface area (Å²) in [6, 6.07) is 10.6. The van der Waals surface area contributed by atoms with Crippen molar-refractivity contribution in [3.05, 3.63) is 47.5 Å². The molecule has 0 aromatic heterocycles. The molecule has 23 heavy (non-hydrogen) atoms. The molecule has 0 fully saturated rings. The van der Waals surface area contributed by atoms with Crippen LogP contribution in [0.2, 0.25) is 0 Å². The minimum absolute atomic E-state index is 0.150. The van der Waals surface area contributed by atoms with Gasteiger partial charge in [0.05, 0.1) is 7.11 Å². The van der Waals surface area contributed by atoms with E-state index in [1.54, 1.807) is 7.11 Å². The van der Waals surface area contributed by atoms with Gasteiger partial charge in [0.1, 0.15) is 17.1 Å². The maximum absolute atomic E-state index is 6.47. The summed E-state index contributed by atoms with van der Waals surface area (Å²) < 4.78 is 12.3. The minimum atomic E-state index is -0.150. The molecule has 2 aliphatic rings. The molecule has 2 atom stereocenters. The van der Waals surface area contributed by atoms with Crippen LogP contribution in [0.1, 0.15) is 45.1 Å². The van der Waals surface area contributed by atoms with Gasteiger partial charge < -0.3 is 9.47 Å². The van der Waals surface area contributed by atoms with Crippen molar-refractivity contribution < 1.29 is 9.47 Å². The Hall–Kier alpha value is -1.96. The summed E-state index contributed by atoms with van der Waals surface area (Å²) in [5, 5.41) is 2.35. The molecule has 0 bridgehead atoms. The first-order chi connectivity index (χ1) is 11.0. The van der Waals surface area contributed by atoms with Gasteiger partial charge in [0.2, 0.25) is 0 Å². The molecule has 2 heteroatoms. The number of benzene rings is 2. The van der Waals surface area contributed by atoms with Crippen molar-refractivity contribution in [1.82, 2.24) is 0 Å². The number of hydrogen-bond acceptors (Lipinski definition) is 2. The molecule has 0 saturated heterocycles. The van der Waals surface area contributed by atoms with E-state index >= 15 is 0 Å². The standard InChI is InChI=1S/C21H24O2/c1-13-9-10-17-16(11-13)19-18(23-21(17,2)3)12-14-7-5-6-8-15(14)20(19)22-4/h5-8,11-12,16-17H,9-10H2,1-4H3/t16-,17-/m1/s1. The molecule has 2 aromatic rings. The van der Waals surface area contributed by atoms with E-state index in [0.29, 0.717) is 11.8 Å². The topological polar surface area (TPSA) is 18.5 Å².